The topological polar surface area (TPSA) is 166 Å². The molecule has 4 aliphatic rings. The van der Waals surface area contributed by atoms with Crippen molar-refractivity contribution in [2.45, 2.75) is 75.8 Å². The van der Waals surface area contributed by atoms with E-state index in [4.69, 9.17) is 14.2 Å². The molecule has 0 bridgehead atoms. The average Bonchev–Trinajstić information content (AvgIpc) is 2.95. The number of ketones is 2. The number of aliphatic hydroxyl groups excluding tert-OH is 1. The Morgan fingerprint density at radius 1 is 1.00 bits per heavy atom. The van der Waals surface area contributed by atoms with Crippen LogP contribution in [-0.2, 0) is 14.2 Å². The highest BCUT2D eigenvalue weighted by Crippen LogP contribution is 2.56. The lowest BCUT2D eigenvalue weighted by molar-refractivity contribution is -0.241. The third kappa shape index (κ3) is 4.43. The van der Waals surface area contributed by atoms with Gasteiger partial charge in [-0.25, -0.2) is 0 Å². The lowest BCUT2D eigenvalue weighted by Gasteiger charge is -2.45. The Hall–Kier alpha value is -3.06. The number of phenolic OH excluding ortho intramolecular Hbond substituents is 3. The summed E-state index contributed by atoms with van der Waals surface area (Å²) in [5, 5.41) is 56.2. The van der Waals surface area contributed by atoms with Gasteiger partial charge in [0, 0.05) is 48.7 Å². The Balaban J connectivity index is 1.44. The van der Waals surface area contributed by atoms with Crippen molar-refractivity contribution in [1.29, 1.82) is 0 Å². The molecular weight excluding hydrogens is 534 g/mol. The summed E-state index contributed by atoms with van der Waals surface area (Å²) < 4.78 is 18.0. The Morgan fingerprint density at radius 3 is 2.39 bits per heavy atom. The number of ether oxygens (including phenoxy) is 3. The van der Waals surface area contributed by atoms with Gasteiger partial charge in [0.25, 0.3) is 0 Å². The first-order valence-corrected chi connectivity index (χ1v) is 14.1. The minimum Gasteiger partial charge on any atom is -0.507 e. The summed E-state index contributed by atoms with van der Waals surface area (Å²) in [5.41, 5.74) is -3.50. The van der Waals surface area contributed by atoms with E-state index in [9.17, 15) is 35.1 Å². The molecule has 2 saturated heterocycles. The first-order chi connectivity index (χ1) is 19.6. The molecule has 0 aromatic heterocycles. The molecule has 2 aliphatic heterocycles. The molecule has 2 aliphatic carbocycles. The smallest absolute Gasteiger partial charge is 0.202 e. The molecule has 0 saturated carbocycles. The predicted octanol–water partition coefficient (Wildman–Crippen LogP) is 2.44. The van der Waals surface area contributed by atoms with Crippen LogP contribution in [0.25, 0.3) is 0 Å². The van der Waals surface area contributed by atoms with E-state index < -0.39 is 64.0 Å². The van der Waals surface area contributed by atoms with Gasteiger partial charge in [-0.05, 0) is 25.8 Å². The van der Waals surface area contributed by atoms with Crippen LogP contribution in [0.1, 0.15) is 94.7 Å². The lowest BCUT2D eigenvalue weighted by Crippen LogP contribution is -2.50. The van der Waals surface area contributed by atoms with E-state index in [1.807, 2.05) is 6.92 Å². The molecule has 6 atom stereocenters. The SMILES string of the molecule is CC[C@@]1(O)C[C@H](O[C@H]2CC(N3CCOCC3)C[C@H](C)O2)c2c(O)c3c(c(O)c2[C@H]1O)C(=O)c1cccc(O)c1C3=O. The van der Waals surface area contributed by atoms with Crippen LogP contribution in [-0.4, -0.2) is 92.3 Å². The number of hydrogen-bond donors (Lipinski definition) is 5. The largest absolute Gasteiger partial charge is 0.507 e. The van der Waals surface area contributed by atoms with Gasteiger partial charge in [0.05, 0.1) is 47.7 Å². The van der Waals surface area contributed by atoms with Gasteiger partial charge in [-0.15, -0.1) is 0 Å². The number of nitrogens with zero attached hydrogens (tertiary/aromatic N) is 1. The standard InChI is InChI=1S/C30H35NO10/c1-3-30(38)13-18(41-19-12-15(11-14(2)40-19)31-7-9-39-10-8-31)21-24(29(30)37)28(36)22-23(27(21)35)26(34)20-16(25(22)33)5-4-6-17(20)32/h4-6,14-15,18-19,29,32,35-38H,3,7-13H2,1-2H3/t14-,15?,18-,19-,29+,30+/m0/s1. The van der Waals surface area contributed by atoms with Crippen molar-refractivity contribution in [2.75, 3.05) is 26.3 Å². The Morgan fingerprint density at radius 2 is 1.68 bits per heavy atom. The van der Waals surface area contributed by atoms with E-state index in [0.29, 0.717) is 19.6 Å². The van der Waals surface area contributed by atoms with Crippen molar-refractivity contribution < 1.29 is 49.3 Å². The second kappa shape index (κ2) is 10.3. The molecule has 11 heteroatoms. The molecule has 2 fully saturated rings. The van der Waals surface area contributed by atoms with Crippen LogP contribution >= 0.6 is 0 Å². The molecule has 220 valence electrons. The molecule has 1 unspecified atom stereocenters. The van der Waals surface area contributed by atoms with E-state index in [1.165, 1.54) is 18.2 Å². The van der Waals surface area contributed by atoms with Crippen molar-refractivity contribution in [3.05, 3.63) is 51.6 Å². The van der Waals surface area contributed by atoms with Crippen LogP contribution in [0.2, 0.25) is 0 Å². The van der Waals surface area contributed by atoms with Gasteiger partial charge < -0.3 is 39.7 Å². The van der Waals surface area contributed by atoms with Crippen LogP contribution in [0.15, 0.2) is 18.2 Å². The van der Waals surface area contributed by atoms with Crippen LogP contribution < -0.4 is 0 Å². The number of phenols is 3. The maximum absolute atomic E-state index is 13.6. The van der Waals surface area contributed by atoms with E-state index in [-0.39, 0.29) is 47.2 Å². The van der Waals surface area contributed by atoms with Crippen LogP contribution in [0.4, 0.5) is 0 Å². The predicted molar refractivity (Wildman–Crippen MR) is 143 cm³/mol. The third-order valence-corrected chi connectivity index (χ3v) is 9.08. The number of aromatic hydroxyl groups is 3. The van der Waals surface area contributed by atoms with Crippen molar-refractivity contribution in [3.8, 4) is 17.2 Å². The fraction of sp³-hybridized carbons (Fsp3) is 0.533. The maximum Gasteiger partial charge on any atom is 0.202 e. The molecule has 2 aromatic carbocycles. The van der Waals surface area contributed by atoms with Gasteiger partial charge in [-0.2, -0.15) is 0 Å². The van der Waals surface area contributed by atoms with Gasteiger partial charge >= 0.3 is 0 Å². The highest BCUT2D eigenvalue weighted by atomic mass is 16.7. The molecule has 2 aromatic rings. The van der Waals surface area contributed by atoms with Crippen LogP contribution in [0, 0.1) is 0 Å². The molecule has 6 rings (SSSR count). The molecule has 5 N–H and O–H groups in total. The first-order valence-electron chi connectivity index (χ1n) is 14.1. The van der Waals surface area contributed by atoms with Crippen molar-refractivity contribution >= 4 is 11.6 Å². The number of rotatable bonds is 4. The van der Waals surface area contributed by atoms with E-state index in [0.717, 1.165) is 19.5 Å². The van der Waals surface area contributed by atoms with Crippen molar-refractivity contribution in [3.63, 3.8) is 0 Å². The number of carbonyl (C=O) groups excluding carboxylic acids is 2. The van der Waals surface area contributed by atoms with E-state index in [2.05, 4.69) is 4.90 Å². The van der Waals surface area contributed by atoms with Gasteiger partial charge in [0.1, 0.15) is 23.4 Å². The zero-order valence-corrected chi connectivity index (χ0v) is 23.0. The molecule has 2 heterocycles. The molecule has 11 nitrogen and oxygen atoms in total. The monoisotopic (exact) mass is 569 g/mol. The maximum atomic E-state index is 13.6. The first kappa shape index (κ1) is 28.1. The Bertz CT molecular complexity index is 1400. The summed E-state index contributed by atoms with van der Waals surface area (Å²) in [6, 6.07) is 4.14. The minimum atomic E-state index is -1.77. The van der Waals surface area contributed by atoms with Gasteiger partial charge in [-0.1, -0.05) is 19.1 Å². The van der Waals surface area contributed by atoms with E-state index >= 15 is 0 Å². The van der Waals surface area contributed by atoms with Crippen LogP contribution in [0.3, 0.4) is 0 Å². The zero-order chi connectivity index (χ0) is 29.2. The zero-order valence-electron chi connectivity index (χ0n) is 23.0. The van der Waals surface area contributed by atoms with Gasteiger partial charge in [-0.3, -0.25) is 14.5 Å². The summed E-state index contributed by atoms with van der Waals surface area (Å²) in [4.78, 5) is 29.4. The van der Waals surface area contributed by atoms with E-state index in [1.54, 1.807) is 6.92 Å². The highest BCUT2D eigenvalue weighted by Gasteiger charge is 2.51. The Kier molecular flexibility index (Phi) is 7.08. The fourth-order valence-corrected chi connectivity index (χ4v) is 6.87. The summed E-state index contributed by atoms with van der Waals surface area (Å²) in [6.45, 7) is 6.45. The number of fused-ring (bicyclic) bond motifs is 3. The molecule has 41 heavy (non-hydrogen) atoms. The highest BCUT2D eigenvalue weighted by molar-refractivity contribution is 6.31. The number of aliphatic hydroxyl groups is 2. The number of hydrogen-bond acceptors (Lipinski definition) is 11. The van der Waals surface area contributed by atoms with Crippen molar-refractivity contribution in [2.24, 2.45) is 0 Å². The molecule has 0 spiro atoms. The lowest BCUT2D eigenvalue weighted by atomic mass is 9.70. The minimum absolute atomic E-state index is 0.0761. The second-order valence-electron chi connectivity index (χ2n) is 11.5. The summed E-state index contributed by atoms with van der Waals surface area (Å²) in [6.07, 6.45) is -2.47. The number of carbonyl (C=O) groups is 2. The quantitative estimate of drug-likeness (QED) is 0.293. The molecule has 0 amide bonds. The summed E-state index contributed by atoms with van der Waals surface area (Å²) in [7, 11) is 0. The fourth-order valence-electron chi connectivity index (χ4n) is 6.87. The Labute approximate surface area is 236 Å². The van der Waals surface area contributed by atoms with Crippen molar-refractivity contribution in [1.82, 2.24) is 4.90 Å². The summed E-state index contributed by atoms with van der Waals surface area (Å²) >= 11 is 0. The number of morpholine rings is 1. The third-order valence-electron chi connectivity index (χ3n) is 9.08. The van der Waals surface area contributed by atoms with Gasteiger partial charge in [0.15, 0.2) is 12.1 Å². The number of benzene rings is 2. The second-order valence-corrected chi connectivity index (χ2v) is 11.5. The van der Waals surface area contributed by atoms with Crippen LogP contribution in [0.5, 0.6) is 17.2 Å². The van der Waals surface area contributed by atoms with Gasteiger partial charge in [0.2, 0.25) is 5.78 Å². The molecular formula is C30H35NO10. The average molecular weight is 570 g/mol. The molecule has 0 radical (unpaired) electrons. The summed E-state index contributed by atoms with van der Waals surface area (Å²) in [5.74, 6) is -3.43. The normalized spacial score (nSPS) is 31.9.